The van der Waals surface area contributed by atoms with Crippen molar-refractivity contribution >= 4 is 5.69 Å². The third kappa shape index (κ3) is 2.77. The predicted octanol–water partition coefficient (Wildman–Crippen LogP) is 0.673. The van der Waals surface area contributed by atoms with Gasteiger partial charge in [0.25, 0.3) is 0 Å². The number of hydrogen-bond donors (Lipinski definition) is 2. The normalized spacial score (nSPS) is 9.08. The van der Waals surface area contributed by atoms with Crippen molar-refractivity contribution in [3.63, 3.8) is 0 Å². The van der Waals surface area contributed by atoms with E-state index in [2.05, 4.69) is 16.8 Å². The molecule has 0 amide bonds. The lowest BCUT2D eigenvalue weighted by atomic mass is 10.2. The molecule has 0 aliphatic heterocycles. The quantitative estimate of drug-likeness (QED) is 0.617. The fourth-order valence-electron chi connectivity index (χ4n) is 0.867. The average Bonchev–Trinajstić information content (AvgIpc) is 2.12. The lowest BCUT2D eigenvalue weighted by molar-refractivity contribution is 1.03. The fraction of sp³-hybridized carbons (Fsp3) is 0.300. The predicted molar refractivity (Wildman–Crippen MR) is 53.9 cm³/mol. The summed E-state index contributed by atoms with van der Waals surface area (Å²) in [5.74, 6) is 5.84. The van der Waals surface area contributed by atoms with Crippen LogP contribution in [0, 0.1) is 18.8 Å². The highest BCUT2D eigenvalue weighted by molar-refractivity contribution is 5.45. The minimum absolute atomic E-state index is 0.584. The molecule has 0 aromatic carbocycles. The van der Waals surface area contributed by atoms with Crippen LogP contribution in [0.3, 0.4) is 0 Å². The molecule has 0 saturated carbocycles. The molecule has 3 heteroatoms. The van der Waals surface area contributed by atoms with Crippen LogP contribution >= 0.6 is 0 Å². The molecule has 0 atom stereocenters. The molecule has 0 bridgehead atoms. The molecule has 4 N–H and O–H groups in total. The molecule has 0 aliphatic rings. The molecule has 1 aromatic rings. The number of nitrogen functional groups attached to an aromatic ring is 1. The maximum absolute atomic E-state index is 5.61. The topological polar surface area (TPSA) is 64.9 Å². The van der Waals surface area contributed by atoms with Crippen LogP contribution in [-0.4, -0.2) is 11.5 Å². The third-order valence-electron chi connectivity index (χ3n) is 1.61. The summed E-state index contributed by atoms with van der Waals surface area (Å²) in [5.41, 5.74) is 13.2. The van der Waals surface area contributed by atoms with E-state index in [-0.39, 0.29) is 0 Å². The minimum Gasteiger partial charge on any atom is -0.397 e. The largest absolute Gasteiger partial charge is 0.397 e. The number of rotatable bonds is 1. The number of hydrogen-bond acceptors (Lipinski definition) is 3. The van der Waals surface area contributed by atoms with Crippen molar-refractivity contribution in [3.8, 4) is 11.8 Å². The van der Waals surface area contributed by atoms with Crippen LogP contribution < -0.4 is 11.5 Å². The minimum atomic E-state index is 0.584. The molecule has 1 aromatic heterocycles. The van der Waals surface area contributed by atoms with E-state index < -0.39 is 0 Å². The van der Waals surface area contributed by atoms with Crippen molar-refractivity contribution in [1.29, 1.82) is 0 Å². The monoisotopic (exact) mass is 175 g/mol. The zero-order valence-electron chi connectivity index (χ0n) is 7.67. The lowest BCUT2D eigenvalue weighted by Gasteiger charge is -1.97. The van der Waals surface area contributed by atoms with Gasteiger partial charge in [0, 0.05) is 13.0 Å². The Kier molecular flexibility index (Phi) is 3.30. The van der Waals surface area contributed by atoms with Crippen molar-refractivity contribution in [2.24, 2.45) is 5.73 Å². The van der Waals surface area contributed by atoms with Gasteiger partial charge in [-0.25, -0.2) is 4.98 Å². The lowest BCUT2D eigenvalue weighted by Crippen LogP contribution is -1.96. The molecule has 0 spiro atoms. The van der Waals surface area contributed by atoms with Gasteiger partial charge in [-0.15, -0.1) is 0 Å². The Balaban J connectivity index is 2.81. The maximum Gasteiger partial charge on any atom is 0.113 e. The van der Waals surface area contributed by atoms with Crippen molar-refractivity contribution in [2.75, 3.05) is 12.3 Å². The zero-order chi connectivity index (χ0) is 9.68. The molecular weight excluding hydrogens is 162 g/mol. The Bertz CT molecular complexity index is 347. The van der Waals surface area contributed by atoms with E-state index >= 15 is 0 Å². The summed E-state index contributed by atoms with van der Waals surface area (Å²) < 4.78 is 0. The van der Waals surface area contributed by atoms with Crippen LogP contribution in [0.4, 0.5) is 5.69 Å². The van der Waals surface area contributed by atoms with Crippen LogP contribution in [0.25, 0.3) is 0 Å². The van der Waals surface area contributed by atoms with Crippen LogP contribution in [-0.2, 0) is 0 Å². The number of nitrogens with zero attached hydrogens (tertiary/aromatic N) is 1. The smallest absolute Gasteiger partial charge is 0.113 e. The van der Waals surface area contributed by atoms with Crippen molar-refractivity contribution in [2.45, 2.75) is 13.3 Å². The Morgan fingerprint density at radius 2 is 2.23 bits per heavy atom. The first-order valence-corrected chi connectivity index (χ1v) is 4.16. The standard InChI is InChI=1S/C10H13N3/c1-8-10(12)6-5-9(13-8)4-2-3-7-11/h5-6H,3,7,11-12H2,1H3. The van der Waals surface area contributed by atoms with Crippen molar-refractivity contribution in [3.05, 3.63) is 23.5 Å². The maximum atomic E-state index is 5.61. The van der Waals surface area contributed by atoms with E-state index in [1.807, 2.05) is 19.1 Å². The molecule has 0 aliphatic carbocycles. The molecule has 68 valence electrons. The summed E-state index contributed by atoms with van der Waals surface area (Å²) in [6, 6.07) is 3.63. The molecular formula is C10H13N3. The second-order valence-corrected chi connectivity index (χ2v) is 2.71. The number of aromatic nitrogens is 1. The van der Waals surface area contributed by atoms with E-state index in [4.69, 9.17) is 11.5 Å². The van der Waals surface area contributed by atoms with Gasteiger partial charge < -0.3 is 11.5 Å². The number of anilines is 1. The molecule has 1 heterocycles. The number of aryl methyl sites for hydroxylation is 1. The molecule has 0 radical (unpaired) electrons. The first-order chi connectivity index (χ1) is 6.24. The average molecular weight is 175 g/mol. The first kappa shape index (κ1) is 9.56. The van der Waals surface area contributed by atoms with E-state index in [0.29, 0.717) is 18.7 Å². The van der Waals surface area contributed by atoms with E-state index in [1.54, 1.807) is 0 Å². The Morgan fingerprint density at radius 3 is 2.85 bits per heavy atom. The SMILES string of the molecule is Cc1nc(C#CCCN)ccc1N. The van der Waals surface area contributed by atoms with Crippen LogP contribution in [0.5, 0.6) is 0 Å². The Morgan fingerprint density at radius 1 is 1.46 bits per heavy atom. The van der Waals surface area contributed by atoms with Gasteiger partial charge in [-0.05, 0) is 25.0 Å². The third-order valence-corrected chi connectivity index (χ3v) is 1.61. The van der Waals surface area contributed by atoms with Crippen molar-refractivity contribution in [1.82, 2.24) is 4.98 Å². The summed E-state index contributed by atoms with van der Waals surface area (Å²) in [4.78, 5) is 4.21. The summed E-state index contributed by atoms with van der Waals surface area (Å²) in [6.45, 7) is 2.45. The molecule has 0 fully saturated rings. The Hall–Kier alpha value is -1.53. The highest BCUT2D eigenvalue weighted by Gasteiger charge is 1.94. The van der Waals surface area contributed by atoms with Crippen LogP contribution in [0.15, 0.2) is 12.1 Å². The van der Waals surface area contributed by atoms with Gasteiger partial charge in [-0.1, -0.05) is 5.92 Å². The second-order valence-electron chi connectivity index (χ2n) is 2.71. The zero-order valence-corrected chi connectivity index (χ0v) is 7.67. The van der Waals surface area contributed by atoms with Gasteiger partial charge in [0.05, 0.1) is 11.4 Å². The van der Waals surface area contributed by atoms with Gasteiger partial charge >= 0.3 is 0 Å². The highest BCUT2D eigenvalue weighted by Crippen LogP contribution is 2.06. The van der Waals surface area contributed by atoms with Gasteiger partial charge in [-0.2, -0.15) is 0 Å². The second kappa shape index (κ2) is 4.48. The highest BCUT2D eigenvalue weighted by atomic mass is 14.7. The van der Waals surface area contributed by atoms with E-state index in [0.717, 1.165) is 11.4 Å². The summed E-state index contributed by atoms with van der Waals surface area (Å²) in [5, 5.41) is 0. The molecule has 3 nitrogen and oxygen atoms in total. The first-order valence-electron chi connectivity index (χ1n) is 4.16. The van der Waals surface area contributed by atoms with Crippen molar-refractivity contribution < 1.29 is 0 Å². The molecule has 0 unspecified atom stereocenters. The van der Waals surface area contributed by atoms with E-state index in [1.165, 1.54) is 0 Å². The van der Waals surface area contributed by atoms with Gasteiger partial charge in [-0.3, -0.25) is 0 Å². The van der Waals surface area contributed by atoms with Gasteiger partial charge in [0.2, 0.25) is 0 Å². The summed E-state index contributed by atoms with van der Waals surface area (Å²) in [6.07, 6.45) is 0.700. The summed E-state index contributed by atoms with van der Waals surface area (Å²) >= 11 is 0. The summed E-state index contributed by atoms with van der Waals surface area (Å²) in [7, 11) is 0. The van der Waals surface area contributed by atoms with Gasteiger partial charge in [0.1, 0.15) is 5.69 Å². The van der Waals surface area contributed by atoms with Crippen LogP contribution in [0.1, 0.15) is 17.8 Å². The molecule has 13 heavy (non-hydrogen) atoms. The van der Waals surface area contributed by atoms with Crippen LogP contribution in [0.2, 0.25) is 0 Å². The number of nitrogens with two attached hydrogens (primary N) is 2. The van der Waals surface area contributed by atoms with E-state index in [9.17, 15) is 0 Å². The fourth-order valence-corrected chi connectivity index (χ4v) is 0.867. The molecule has 1 rings (SSSR count). The Labute approximate surface area is 78.2 Å². The molecule has 0 saturated heterocycles. The van der Waals surface area contributed by atoms with Gasteiger partial charge in [0.15, 0.2) is 0 Å². The number of pyridine rings is 1.